The third-order valence-electron chi connectivity index (χ3n) is 1.90. The summed E-state index contributed by atoms with van der Waals surface area (Å²) in [5.41, 5.74) is 1.19. The number of benzene rings is 1. The molecule has 0 spiro atoms. The zero-order valence-corrected chi connectivity index (χ0v) is 7.63. The molecule has 13 heavy (non-hydrogen) atoms. The minimum Gasteiger partial charge on any atom is -0.388 e. The quantitative estimate of drug-likeness (QED) is 0.709. The van der Waals surface area contributed by atoms with Gasteiger partial charge in [0.1, 0.15) is 5.82 Å². The van der Waals surface area contributed by atoms with Crippen LogP contribution in [0, 0.1) is 12.7 Å². The Kier molecular flexibility index (Phi) is 3.20. The second-order valence-corrected chi connectivity index (χ2v) is 3.07. The second-order valence-electron chi connectivity index (χ2n) is 3.07. The lowest BCUT2D eigenvalue weighted by atomic mass is 10.0. The van der Waals surface area contributed by atoms with Crippen LogP contribution in [0.4, 0.5) is 4.39 Å². The van der Waals surface area contributed by atoms with Crippen molar-refractivity contribution < 1.29 is 9.50 Å². The van der Waals surface area contributed by atoms with E-state index in [1.165, 1.54) is 6.07 Å². The van der Waals surface area contributed by atoms with Crippen molar-refractivity contribution in [2.45, 2.75) is 19.4 Å². The number of rotatable bonds is 3. The van der Waals surface area contributed by atoms with Crippen LogP contribution in [-0.4, -0.2) is 5.11 Å². The van der Waals surface area contributed by atoms with E-state index in [2.05, 4.69) is 6.58 Å². The van der Waals surface area contributed by atoms with Gasteiger partial charge in [-0.1, -0.05) is 18.2 Å². The van der Waals surface area contributed by atoms with Gasteiger partial charge in [-0.15, -0.1) is 6.58 Å². The van der Waals surface area contributed by atoms with Crippen molar-refractivity contribution in [2.24, 2.45) is 0 Å². The highest BCUT2D eigenvalue weighted by atomic mass is 19.1. The van der Waals surface area contributed by atoms with Gasteiger partial charge in [-0.25, -0.2) is 4.39 Å². The first kappa shape index (κ1) is 9.93. The summed E-state index contributed by atoms with van der Waals surface area (Å²) in [4.78, 5) is 0. The van der Waals surface area contributed by atoms with Crippen LogP contribution in [-0.2, 0) is 0 Å². The predicted octanol–water partition coefficient (Wildman–Crippen LogP) is 2.74. The average Bonchev–Trinajstić information content (AvgIpc) is 2.04. The zero-order valence-electron chi connectivity index (χ0n) is 7.63. The van der Waals surface area contributed by atoms with Gasteiger partial charge in [0, 0.05) is 5.56 Å². The fraction of sp³-hybridized carbons (Fsp3) is 0.273. The minimum atomic E-state index is -0.780. The molecule has 0 fully saturated rings. The summed E-state index contributed by atoms with van der Waals surface area (Å²) in [6.07, 6.45) is 1.17. The molecule has 1 nitrogen and oxygen atoms in total. The van der Waals surface area contributed by atoms with Gasteiger partial charge >= 0.3 is 0 Å². The molecule has 1 N–H and O–H groups in total. The van der Waals surface area contributed by atoms with Crippen molar-refractivity contribution in [3.8, 4) is 0 Å². The van der Waals surface area contributed by atoms with Crippen LogP contribution in [0.1, 0.15) is 23.7 Å². The molecule has 0 amide bonds. The molecule has 1 aromatic carbocycles. The van der Waals surface area contributed by atoms with Gasteiger partial charge in [0.2, 0.25) is 0 Å². The van der Waals surface area contributed by atoms with Gasteiger partial charge in [0.15, 0.2) is 0 Å². The van der Waals surface area contributed by atoms with Crippen LogP contribution in [0.15, 0.2) is 30.9 Å². The van der Waals surface area contributed by atoms with Crippen molar-refractivity contribution in [1.82, 2.24) is 0 Å². The average molecular weight is 180 g/mol. The Morgan fingerprint density at radius 2 is 2.31 bits per heavy atom. The Labute approximate surface area is 77.5 Å². The highest BCUT2D eigenvalue weighted by molar-refractivity contribution is 5.25. The molecule has 1 aromatic rings. The van der Waals surface area contributed by atoms with Gasteiger partial charge in [0.25, 0.3) is 0 Å². The summed E-state index contributed by atoms with van der Waals surface area (Å²) in [6, 6.07) is 4.81. The van der Waals surface area contributed by atoms with Crippen molar-refractivity contribution in [3.63, 3.8) is 0 Å². The Bertz CT molecular complexity index is 307. The molecule has 2 heteroatoms. The van der Waals surface area contributed by atoms with Crippen LogP contribution >= 0.6 is 0 Å². The molecule has 0 radical (unpaired) electrons. The number of aliphatic hydroxyl groups excluding tert-OH is 1. The van der Waals surface area contributed by atoms with Crippen LogP contribution in [0.25, 0.3) is 0 Å². The number of aryl methyl sites for hydroxylation is 1. The standard InChI is InChI=1S/C11H13FO/c1-3-4-11(13)9-6-5-8(2)7-10(9)12/h3,5-7,11,13H,1,4H2,2H3/t11-/m0/s1. The molecule has 0 saturated heterocycles. The van der Waals surface area contributed by atoms with Crippen molar-refractivity contribution in [1.29, 1.82) is 0 Å². The van der Waals surface area contributed by atoms with Crippen LogP contribution in [0.2, 0.25) is 0 Å². The molecular weight excluding hydrogens is 167 g/mol. The third-order valence-corrected chi connectivity index (χ3v) is 1.90. The SMILES string of the molecule is C=CC[C@H](O)c1ccc(C)cc1F. The number of halogens is 1. The van der Waals surface area contributed by atoms with E-state index in [-0.39, 0.29) is 5.82 Å². The predicted molar refractivity (Wildman–Crippen MR) is 50.9 cm³/mol. The normalized spacial score (nSPS) is 12.5. The largest absolute Gasteiger partial charge is 0.388 e. The summed E-state index contributed by atoms with van der Waals surface area (Å²) in [5.74, 6) is -0.352. The number of hydrogen-bond donors (Lipinski definition) is 1. The van der Waals surface area contributed by atoms with E-state index in [1.54, 1.807) is 18.2 Å². The summed E-state index contributed by atoms with van der Waals surface area (Å²) in [7, 11) is 0. The topological polar surface area (TPSA) is 20.2 Å². The monoisotopic (exact) mass is 180 g/mol. The first-order valence-corrected chi connectivity index (χ1v) is 4.20. The summed E-state index contributed by atoms with van der Waals surface area (Å²) in [5, 5.41) is 9.48. The summed E-state index contributed by atoms with van der Waals surface area (Å²) < 4.78 is 13.2. The highest BCUT2D eigenvalue weighted by Crippen LogP contribution is 2.20. The molecule has 1 atom stereocenters. The van der Waals surface area contributed by atoms with Crippen LogP contribution in [0.3, 0.4) is 0 Å². The van der Waals surface area contributed by atoms with Gasteiger partial charge in [-0.2, -0.15) is 0 Å². The Morgan fingerprint density at radius 1 is 1.62 bits per heavy atom. The van der Waals surface area contributed by atoms with E-state index in [0.717, 1.165) is 5.56 Å². The molecule has 0 saturated carbocycles. The zero-order chi connectivity index (χ0) is 9.84. The Balaban J connectivity index is 2.94. The second kappa shape index (κ2) is 4.19. The van der Waals surface area contributed by atoms with Crippen LogP contribution in [0.5, 0.6) is 0 Å². The first-order valence-electron chi connectivity index (χ1n) is 4.20. The van der Waals surface area contributed by atoms with Crippen molar-refractivity contribution in [2.75, 3.05) is 0 Å². The highest BCUT2D eigenvalue weighted by Gasteiger charge is 2.10. The molecule has 1 rings (SSSR count). The third kappa shape index (κ3) is 2.39. The summed E-state index contributed by atoms with van der Waals surface area (Å²) in [6.45, 7) is 5.30. The first-order chi connectivity index (χ1) is 6.15. The van der Waals surface area contributed by atoms with E-state index in [0.29, 0.717) is 12.0 Å². The Morgan fingerprint density at radius 3 is 2.85 bits per heavy atom. The molecule has 0 unspecified atom stereocenters. The maximum atomic E-state index is 13.2. The Hall–Kier alpha value is -1.15. The molecule has 70 valence electrons. The maximum Gasteiger partial charge on any atom is 0.129 e. The van der Waals surface area contributed by atoms with E-state index in [4.69, 9.17) is 0 Å². The number of hydrogen-bond acceptors (Lipinski definition) is 1. The molecule has 0 bridgehead atoms. The van der Waals surface area contributed by atoms with E-state index >= 15 is 0 Å². The summed E-state index contributed by atoms with van der Waals surface area (Å²) >= 11 is 0. The lowest BCUT2D eigenvalue weighted by molar-refractivity contribution is 0.177. The minimum absolute atomic E-state index is 0.338. The van der Waals surface area contributed by atoms with Crippen molar-refractivity contribution in [3.05, 3.63) is 47.8 Å². The fourth-order valence-electron chi connectivity index (χ4n) is 1.19. The van der Waals surface area contributed by atoms with E-state index < -0.39 is 6.10 Å². The van der Waals surface area contributed by atoms with Gasteiger partial charge in [0.05, 0.1) is 6.10 Å². The van der Waals surface area contributed by atoms with Gasteiger partial charge in [-0.3, -0.25) is 0 Å². The molecule has 0 aromatic heterocycles. The van der Waals surface area contributed by atoms with Crippen molar-refractivity contribution >= 4 is 0 Å². The van der Waals surface area contributed by atoms with E-state index in [9.17, 15) is 9.50 Å². The fourth-order valence-corrected chi connectivity index (χ4v) is 1.19. The smallest absolute Gasteiger partial charge is 0.129 e. The molecule has 0 heterocycles. The number of aliphatic hydroxyl groups is 1. The molecule has 0 aliphatic rings. The van der Waals surface area contributed by atoms with Gasteiger partial charge < -0.3 is 5.11 Å². The van der Waals surface area contributed by atoms with Crippen LogP contribution < -0.4 is 0 Å². The van der Waals surface area contributed by atoms with E-state index in [1.807, 2.05) is 6.92 Å². The molecule has 0 aliphatic carbocycles. The lowest BCUT2D eigenvalue weighted by Gasteiger charge is -2.09. The lowest BCUT2D eigenvalue weighted by Crippen LogP contribution is -1.99. The molecule has 0 aliphatic heterocycles. The molecular formula is C11H13FO. The maximum absolute atomic E-state index is 13.2. The van der Waals surface area contributed by atoms with Gasteiger partial charge in [-0.05, 0) is 25.0 Å².